The standard InChI is InChI=1S/C40H45NO7/c1-26(2)38(43)47-28(5)24-45-33-20-16-30(17-21-33)40(31-18-22-34(23-19-31)46-25-29(6)48-39(44)27(3)4)36-15-11-10-14-35(36)37(42)41(40)32-12-8-7-9-13-32/h8,10-12,14-22,28-29,32,34H,1,3,7,9,13,23-25H2,2,4-6H3. The van der Waals surface area contributed by atoms with E-state index in [4.69, 9.17) is 18.9 Å². The highest BCUT2D eigenvalue weighted by molar-refractivity contribution is 6.02. The molecular weight excluding hydrogens is 606 g/mol. The molecule has 0 spiro atoms. The first-order chi connectivity index (χ1) is 23.0. The van der Waals surface area contributed by atoms with Crippen molar-refractivity contribution in [3.05, 3.63) is 125 Å². The van der Waals surface area contributed by atoms with Crippen molar-refractivity contribution < 1.29 is 33.3 Å². The number of ether oxygens (including phenoxy) is 4. The normalized spacial score (nSPS) is 22.7. The van der Waals surface area contributed by atoms with Crippen LogP contribution in [0, 0.1) is 0 Å². The van der Waals surface area contributed by atoms with Crippen LogP contribution in [0.4, 0.5) is 0 Å². The first-order valence-corrected chi connectivity index (χ1v) is 16.6. The van der Waals surface area contributed by atoms with Crippen LogP contribution in [0.5, 0.6) is 5.75 Å². The van der Waals surface area contributed by atoms with Gasteiger partial charge in [0.1, 0.15) is 30.1 Å². The summed E-state index contributed by atoms with van der Waals surface area (Å²) in [4.78, 5) is 40.3. The fourth-order valence-corrected chi connectivity index (χ4v) is 6.45. The van der Waals surface area contributed by atoms with Crippen molar-refractivity contribution in [2.24, 2.45) is 0 Å². The molecule has 5 unspecified atom stereocenters. The average Bonchev–Trinajstić information content (AvgIpc) is 3.36. The van der Waals surface area contributed by atoms with E-state index in [1.165, 1.54) is 0 Å². The summed E-state index contributed by atoms with van der Waals surface area (Å²) < 4.78 is 22.9. The highest BCUT2D eigenvalue weighted by Crippen LogP contribution is 2.52. The predicted octanol–water partition coefficient (Wildman–Crippen LogP) is 7.16. The molecule has 0 saturated heterocycles. The van der Waals surface area contributed by atoms with E-state index in [0.717, 1.165) is 36.0 Å². The smallest absolute Gasteiger partial charge is 0.333 e. The summed E-state index contributed by atoms with van der Waals surface area (Å²) in [6.07, 6.45) is 12.9. The number of carbonyl (C=O) groups excluding carboxylic acids is 3. The summed E-state index contributed by atoms with van der Waals surface area (Å²) >= 11 is 0. The maximum atomic E-state index is 14.4. The number of benzene rings is 2. The molecule has 5 atom stereocenters. The van der Waals surface area contributed by atoms with Gasteiger partial charge in [0.25, 0.3) is 5.91 Å². The van der Waals surface area contributed by atoms with E-state index in [9.17, 15) is 14.4 Å². The van der Waals surface area contributed by atoms with E-state index >= 15 is 0 Å². The van der Waals surface area contributed by atoms with Gasteiger partial charge in [0.15, 0.2) is 0 Å². The summed E-state index contributed by atoms with van der Waals surface area (Å²) in [5.74, 6) is -0.270. The highest BCUT2D eigenvalue weighted by Gasteiger charge is 2.54. The van der Waals surface area contributed by atoms with Gasteiger partial charge >= 0.3 is 11.9 Å². The van der Waals surface area contributed by atoms with Gasteiger partial charge in [-0.1, -0.05) is 73.9 Å². The largest absolute Gasteiger partial charge is 0.490 e. The molecule has 8 nitrogen and oxygen atoms in total. The Bertz CT molecular complexity index is 1650. The molecule has 48 heavy (non-hydrogen) atoms. The molecule has 2 aromatic rings. The Morgan fingerprint density at radius 1 is 0.938 bits per heavy atom. The lowest BCUT2D eigenvalue weighted by atomic mass is 9.74. The number of esters is 2. The first kappa shape index (κ1) is 34.6. The zero-order chi connectivity index (χ0) is 34.4. The Morgan fingerprint density at radius 2 is 1.60 bits per heavy atom. The fraction of sp³-hybridized carbons (Fsp3) is 0.375. The molecule has 1 amide bonds. The number of rotatable bonds is 13. The number of hydrogen-bond donors (Lipinski definition) is 0. The van der Waals surface area contributed by atoms with Gasteiger partial charge in [-0.2, -0.15) is 0 Å². The van der Waals surface area contributed by atoms with Crippen LogP contribution < -0.4 is 4.74 Å². The molecule has 2 aliphatic carbocycles. The van der Waals surface area contributed by atoms with Gasteiger partial charge in [0.05, 0.1) is 18.8 Å². The molecule has 0 aromatic heterocycles. The number of hydrogen-bond acceptors (Lipinski definition) is 7. The first-order valence-electron chi connectivity index (χ1n) is 16.6. The van der Waals surface area contributed by atoms with Crippen LogP contribution in [0.3, 0.4) is 0 Å². The number of allylic oxidation sites excluding steroid dienone is 1. The zero-order valence-electron chi connectivity index (χ0n) is 28.3. The second kappa shape index (κ2) is 15.0. The number of carbonyl (C=O) groups is 3. The number of fused-ring (bicyclic) bond motifs is 1. The van der Waals surface area contributed by atoms with E-state index in [-0.39, 0.29) is 31.3 Å². The second-order valence-corrected chi connectivity index (χ2v) is 12.8. The Morgan fingerprint density at radius 3 is 2.21 bits per heavy atom. The van der Waals surface area contributed by atoms with Crippen molar-refractivity contribution in [2.45, 2.75) is 83.3 Å². The van der Waals surface area contributed by atoms with E-state index in [2.05, 4.69) is 48.4 Å². The Hall–Kier alpha value is -4.69. The third-order valence-electron chi connectivity index (χ3n) is 8.78. The van der Waals surface area contributed by atoms with Crippen molar-refractivity contribution in [2.75, 3.05) is 13.2 Å². The van der Waals surface area contributed by atoms with Crippen LogP contribution in [0.2, 0.25) is 0 Å². The summed E-state index contributed by atoms with van der Waals surface area (Å²) in [5, 5.41) is 0. The SMILES string of the molecule is C=C(C)C(=O)OC(C)COc1ccc(C2(C3=CCC(OCC(C)OC(=O)C(=C)C)C=C3)c3ccccc3C(=O)N2C2C=CCCC2)cc1. The molecule has 3 aliphatic rings. The molecule has 252 valence electrons. The van der Waals surface area contributed by atoms with Crippen LogP contribution in [-0.4, -0.2) is 60.3 Å². The minimum absolute atomic E-state index is 0.00328. The maximum absolute atomic E-state index is 14.4. The minimum Gasteiger partial charge on any atom is -0.490 e. The Labute approximate surface area is 283 Å². The summed E-state index contributed by atoms with van der Waals surface area (Å²) in [7, 11) is 0. The fourth-order valence-electron chi connectivity index (χ4n) is 6.45. The van der Waals surface area contributed by atoms with Crippen molar-refractivity contribution in [1.29, 1.82) is 0 Å². The van der Waals surface area contributed by atoms with Gasteiger partial charge in [-0.05, 0) is 88.3 Å². The molecule has 1 heterocycles. The van der Waals surface area contributed by atoms with E-state index in [1.54, 1.807) is 27.7 Å². The minimum atomic E-state index is -0.894. The molecule has 0 bridgehead atoms. The van der Waals surface area contributed by atoms with E-state index in [1.807, 2.05) is 48.5 Å². The van der Waals surface area contributed by atoms with Crippen LogP contribution in [-0.2, 0) is 29.3 Å². The lowest BCUT2D eigenvalue weighted by Crippen LogP contribution is -2.51. The van der Waals surface area contributed by atoms with Crippen molar-refractivity contribution in [3.63, 3.8) is 0 Å². The summed E-state index contributed by atoms with van der Waals surface area (Å²) in [6.45, 7) is 14.5. The second-order valence-electron chi connectivity index (χ2n) is 12.8. The predicted molar refractivity (Wildman–Crippen MR) is 184 cm³/mol. The van der Waals surface area contributed by atoms with E-state index in [0.29, 0.717) is 28.9 Å². The quantitative estimate of drug-likeness (QED) is 0.129. The lowest BCUT2D eigenvalue weighted by Gasteiger charge is -2.46. The van der Waals surface area contributed by atoms with Gasteiger partial charge < -0.3 is 23.8 Å². The summed E-state index contributed by atoms with van der Waals surface area (Å²) in [5.41, 5.74) is 3.32. The lowest BCUT2D eigenvalue weighted by molar-refractivity contribution is -0.147. The number of nitrogens with zero attached hydrogens (tertiary/aromatic N) is 1. The number of amides is 1. The van der Waals surface area contributed by atoms with Gasteiger partial charge in [0, 0.05) is 16.7 Å². The zero-order valence-corrected chi connectivity index (χ0v) is 28.3. The third kappa shape index (κ3) is 7.24. The highest BCUT2D eigenvalue weighted by atomic mass is 16.6. The van der Waals surface area contributed by atoms with Crippen LogP contribution in [0.1, 0.15) is 74.9 Å². The third-order valence-corrected chi connectivity index (χ3v) is 8.78. The van der Waals surface area contributed by atoms with Crippen LogP contribution in [0.25, 0.3) is 0 Å². The van der Waals surface area contributed by atoms with Crippen molar-refractivity contribution in [1.82, 2.24) is 4.90 Å². The molecule has 0 saturated carbocycles. The monoisotopic (exact) mass is 651 g/mol. The molecule has 2 aromatic carbocycles. The van der Waals surface area contributed by atoms with Crippen molar-refractivity contribution >= 4 is 17.8 Å². The Balaban J connectivity index is 1.46. The molecular formula is C40H45NO7. The molecule has 0 radical (unpaired) electrons. The molecule has 5 rings (SSSR count). The van der Waals surface area contributed by atoms with Gasteiger partial charge in [-0.15, -0.1) is 0 Å². The van der Waals surface area contributed by atoms with Crippen LogP contribution in [0.15, 0.2) is 109 Å². The van der Waals surface area contributed by atoms with Gasteiger partial charge in [0.2, 0.25) is 0 Å². The molecule has 0 fully saturated rings. The molecule has 0 N–H and O–H groups in total. The van der Waals surface area contributed by atoms with Gasteiger partial charge in [-0.25, -0.2) is 9.59 Å². The van der Waals surface area contributed by atoms with Crippen molar-refractivity contribution in [3.8, 4) is 5.75 Å². The Kier molecular flexibility index (Phi) is 10.8. The van der Waals surface area contributed by atoms with Crippen LogP contribution >= 0.6 is 0 Å². The topological polar surface area (TPSA) is 91.4 Å². The average molecular weight is 652 g/mol. The van der Waals surface area contributed by atoms with Gasteiger partial charge in [-0.3, -0.25) is 4.79 Å². The molecule has 8 heteroatoms. The maximum Gasteiger partial charge on any atom is 0.333 e. The molecule has 1 aliphatic heterocycles. The van der Waals surface area contributed by atoms with E-state index < -0.39 is 29.7 Å². The summed E-state index contributed by atoms with van der Waals surface area (Å²) in [6, 6.07) is 15.6.